The van der Waals surface area contributed by atoms with Crippen molar-refractivity contribution in [3.63, 3.8) is 0 Å². The summed E-state index contributed by atoms with van der Waals surface area (Å²) in [5.41, 5.74) is 0. The third-order valence-corrected chi connectivity index (χ3v) is 5.32. The van der Waals surface area contributed by atoms with Crippen molar-refractivity contribution in [3.8, 4) is 0 Å². The van der Waals surface area contributed by atoms with E-state index in [1.807, 2.05) is 4.90 Å². The van der Waals surface area contributed by atoms with Gasteiger partial charge in [-0.15, -0.1) is 0 Å². The van der Waals surface area contributed by atoms with Gasteiger partial charge < -0.3 is 10.0 Å². The molecule has 2 fully saturated rings. The van der Waals surface area contributed by atoms with E-state index in [1.54, 1.807) is 0 Å². The van der Waals surface area contributed by atoms with Crippen molar-refractivity contribution in [1.29, 1.82) is 0 Å². The van der Waals surface area contributed by atoms with Crippen LogP contribution in [0, 0.1) is 17.8 Å². The van der Waals surface area contributed by atoms with Crippen molar-refractivity contribution in [2.24, 2.45) is 17.8 Å². The molecule has 0 spiro atoms. The number of likely N-dealkylation sites (tertiary alicyclic amines) is 1. The van der Waals surface area contributed by atoms with Gasteiger partial charge in [0.25, 0.3) is 0 Å². The predicted octanol–water partition coefficient (Wildman–Crippen LogP) is 3.31. The summed E-state index contributed by atoms with van der Waals surface area (Å²) in [5, 5.41) is 9.01. The van der Waals surface area contributed by atoms with E-state index < -0.39 is 5.97 Å². The van der Waals surface area contributed by atoms with Gasteiger partial charge in [-0.1, -0.05) is 26.2 Å². The quantitative estimate of drug-likeness (QED) is 0.846. The van der Waals surface area contributed by atoms with Gasteiger partial charge in [0.2, 0.25) is 5.91 Å². The Hall–Kier alpha value is -1.06. The highest BCUT2D eigenvalue weighted by molar-refractivity contribution is 5.79. The van der Waals surface area contributed by atoms with Crippen LogP contribution in [-0.4, -0.2) is 35.0 Å². The summed E-state index contributed by atoms with van der Waals surface area (Å²) < 4.78 is 0. The van der Waals surface area contributed by atoms with E-state index in [4.69, 9.17) is 5.11 Å². The Morgan fingerprint density at radius 3 is 2.14 bits per heavy atom. The summed E-state index contributed by atoms with van der Waals surface area (Å²) in [6.07, 6.45) is 9.59. The van der Waals surface area contributed by atoms with Gasteiger partial charge in [0.15, 0.2) is 0 Å². The average Bonchev–Trinajstić information content (AvgIpc) is 2.53. The van der Waals surface area contributed by atoms with Crippen LogP contribution in [0.25, 0.3) is 0 Å². The lowest BCUT2D eigenvalue weighted by Gasteiger charge is -2.35. The van der Waals surface area contributed by atoms with Gasteiger partial charge in [-0.25, -0.2) is 0 Å². The van der Waals surface area contributed by atoms with Crippen LogP contribution in [0.1, 0.15) is 64.7 Å². The minimum absolute atomic E-state index is 0.198. The Morgan fingerprint density at radius 2 is 1.62 bits per heavy atom. The number of nitrogens with zero attached hydrogens (tertiary/aromatic N) is 1. The van der Waals surface area contributed by atoms with Gasteiger partial charge >= 0.3 is 5.97 Å². The first-order chi connectivity index (χ1) is 10.1. The standard InChI is InChI=1S/C17H29NO3/c1-2-3-4-13-5-7-14(8-6-13)16(19)18-11-9-15(10-12-18)17(20)21/h13-15H,2-12H2,1H3,(H,20,21). The summed E-state index contributed by atoms with van der Waals surface area (Å²) >= 11 is 0. The van der Waals surface area contributed by atoms with Gasteiger partial charge in [0.1, 0.15) is 0 Å². The number of carbonyl (C=O) groups is 2. The molecule has 1 N–H and O–H groups in total. The summed E-state index contributed by atoms with van der Waals surface area (Å²) in [7, 11) is 0. The summed E-state index contributed by atoms with van der Waals surface area (Å²) in [6.45, 7) is 3.49. The van der Waals surface area contributed by atoms with Gasteiger partial charge in [-0.3, -0.25) is 9.59 Å². The SMILES string of the molecule is CCCCC1CCC(C(=O)N2CCC(C(=O)O)CC2)CC1. The maximum atomic E-state index is 12.5. The molecule has 0 aromatic carbocycles. The zero-order valence-electron chi connectivity index (χ0n) is 13.2. The van der Waals surface area contributed by atoms with Crippen molar-refractivity contribution in [1.82, 2.24) is 4.90 Å². The smallest absolute Gasteiger partial charge is 0.306 e. The molecule has 0 aromatic rings. The van der Waals surface area contributed by atoms with E-state index in [-0.39, 0.29) is 17.7 Å². The molecule has 4 heteroatoms. The average molecular weight is 295 g/mol. The molecule has 0 bridgehead atoms. The molecular weight excluding hydrogens is 266 g/mol. The van der Waals surface area contributed by atoms with E-state index in [1.165, 1.54) is 32.1 Å². The van der Waals surface area contributed by atoms with Crippen molar-refractivity contribution >= 4 is 11.9 Å². The molecule has 0 unspecified atom stereocenters. The fourth-order valence-electron chi connectivity index (χ4n) is 3.80. The highest BCUT2D eigenvalue weighted by atomic mass is 16.4. The minimum atomic E-state index is -0.710. The summed E-state index contributed by atoms with van der Waals surface area (Å²) in [5.74, 6) is 0.348. The number of amides is 1. The number of aliphatic carboxylic acids is 1. The lowest BCUT2D eigenvalue weighted by molar-refractivity contribution is -0.147. The second-order valence-electron chi connectivity index (χ2n) is 6.80. The lowest BCUT2D eigenvalue weighted by atomic mass is 9.79. The van der Waals surface area contributed by atoms with Crippen LogP contribution < -0.4 is 0 Å². The minimum Gasteiger partial charge on any atom is -0.481 e. The molecule has 2 rings (SSSR count). The molecular formula is C17H29NO3. The highest BCUT2D eigenvalue weighted by Crippen LogP contribution is 2.33. The first-order valence-electron chi connectivity index (χ1n) is 8.63. The van der Waals surface area contributed by atoms with Crippen LogP contribution in [-0.2, 0) is 9.59 Å². The van der Waals surface area contributed by atoms with Crippen LogP contribution in [0.3, 0.4) is 0 Å². The molecule has 0 aromatic heterocycles. The maximum absolute atomic E-state index is 12.5. The molecule has 1 saturated heterocycles. The fraction of sp³-hybridized carbons (Fsp3) is 0.882. The maximum Gasteiger partial charge on any atom is 0.306 e. The van der Waals surface area contributed by atoms with Gasteiger partial charge in [-0.2, -0.15) is 0 Å². The van der Waals surface area contributed by atoms with Crippen molar-refractivity contribution in [2.75, 3.05) is 13.1 Å². The topological polar surface area (TPSA) is 57.6 Å². The molecule has 0 radical (unpaired) electrons. The van der Waals surface area contributed by atoms with Crippen molar-refractivity contribution < 1.29 is 14.7 Å². The van der Waals surface area contributed by atoms with Crippen LogP contribution in [0.2, 0.25) is 0 Å². The first kappa shape index (κ1) is 16.3. The normalized spacial score (nSPS) is 27.6. The number of piperidine rings is 1. The molecule has 2 aliphatic rings. The number of carboxylic acid groups (broad SMARTS) is 1. The van der Waals surface area contributed by atoms with Crippen LogP contribution >= 0.6 is 0 Å². The number of hydrogen-bond acceptors (Lipinski definition) is 2. The largest absolute Gasteiger partial charge is 0.481 e. The molecule has 1 aliphatic carbocycles. The van der Waals surface area contributed by atoms with E-state index in [9.17, 15) is 9.59 Å². The fourth-order valence-corrected chi connectivity index (χ4v) is 3.80. The van der Waals surface area contributed by atoms with E-state index in [2.05, 4.69) is 6.92 Å². The zero-order valence-corrected chi connectivity index (χ0v) is 13.2. The number of rotatable bonds is 5. The van der Waals surface area contributed by atoms with Crippen molar-refractivity contribution in [3.05, 3.63) is 0 Å². The van der Waals surface area contributed by atoms with E-state index >= 15 is 0 Å². The zero-order chi connectivity index (χ0) is 15.2. The van der Waals surface area contributed by atoms with Crippen LogP contribution in [0.5, 0.6) is 0 Å². The summed E-state index contributed by atoms with van der Waals surface area (Å²) in [4.78, 5) is 25.4. The third-order valence-electron chi connectivity index (χ3n) is 5.32. The van der Waals surface area contributed by atoms with Gasteiger partial charge in [0, 0.05) is 19.0 Å². The molecule has 0 atom stereocenters. The highest BCUT2D eigenvalue weighted by Gasteiger charge is 2.32. The molecule has 1 aliphatic heterocycles. The number of hydrogen-bond donors (Lipinski definition) is 1. The number of carbonyl (C=O) groups excluding carboxylic acids is 1. The number of carboxylic acids is 1. The Balaban J connectivity index is 1.74. The molecule has 120 valence electrons. The predicted molar refractivity (Wildman–Crippen MR) is 81.9 cm³/mol. The summed E-state index contributed by atoms with van der Waals surface area (Å²) in [6, 6.07) is 0. The number of unbranched alkanes of at least 4 members (excludes halogenated alkanes) is 1. The Labute approximate surface area is 127 Å². The van der Waals surface area contributed by atoms with E-state index in [0.717, 1.165) is 18.8 Å². The Morgan fingerprint density at radius 1 is 1.00 bits per heavy atom. The van der Waals surface area contributed by atoms with Crippen LogP contribution in [0.4, 0.5) is 0 Å². The third kappa shape index (κ3) is 4.45. The molecule has 21 heavy (non-hydrogen) atoms. The Bertz CT molecular complexity index is 353. The second kappa shape index (κ2) is 7.81. The van der Waals surface area contributed by atoms with Gasteiger partial charge in [0.05, 0.1) is 5.92 Å². The molecule has 1 heterocycles. The molecule has 4 nitrogen and oxygen atoms in total. The Kier molecular flexibility index (Phi) is 6.07. The van der Waals surface area contributed by atoms with Crippen molar-refractivity contribution in [2.45, 2.75) is 64.7 Å². The van der Waals surface area contributed by atoms with Crippen LogP contribution in [0.15, 0.2) is 0 Å². The first-order valence-corrected chi connectivity index (χ1v) is 8.63. The second-order valence-corrected chi connectivity index (χ2v) is 6.80. The van der Waals surface area contributed by atoms with E-state index in [0.29, 0.717) is 25.9 Å². The van der Waals surface area contributed by atoms with Gasteiger partial charge in [-0.05, 0) is 44.4 Å². The molecule has 1 amide bonds. The monoisotopic (exact) mass is 295 g/mol. The lowest BCUT2D eigenvalue weighted by Crippen LogP contribution is -2.43. The molecule has 1 saturated carbocycles.